The number of hydrogen-bond donors (Lipinski definition) is 2. The molecule has 0 unspecified atom stereocenters. The Labute approximate surface area is 104 Å². The highest BCUT2D eigenvalue weighted by Gasteiger charge is 2.10. The predicted octanol–water partition coefficient (Wildman–Crippen LogP) is 1.05. The molecule has 0 radical (unpaired) electrons. The third kappa shape index (κ3) is 2.12. The van der Waals surface area contributed by atoms with Crippen LogP contribution >= 0.6 is 0 Å². The van der Waals surface area contributed by atoms with E-state index < -0.39 is 12.2 Å². The molecule has 94 valence electrons. The SMILES string of the molecule is Cc1ccc(C)c(-n2nc(CO)c(O)cc2=O)c1. The van der Waals surface area contributed by atoms with Crippen molar-refractivity contribution in [1.82, 2.24) is 9.78 Å². The number of aliphatic hydroxyl groups is 1. The smallest absolute Gasteiger partial charge is 0.275 e. The number of nitrogens with zero attached hydrogens (tertiary/aromatic N) is 2. The minimum atomic E-state index is -0.432. The minimum absolute atomic E-state index is 0.0792. The predicted molar refractivity (Wildman–Crippen MR) is 66.9 cm³/mol. The quantitative estimate of drug-likeness (QED) is 0.830. The molecule has 0 atom stereocenters. The topological polar surface area (TPSA) is 75.3 Å². The summed E-state index contributed by atoms with van der Waals surface area (Å²) in [6, 6.07) is 6.73. The first-order chi connectivity index (χ1) is 8.52. The molecular weight excluding hydrogens is 232 g/mol. The Hall–Kier alpha value is -2.14. The average molecular weight is 246 g/mol. The highest BCUT2D eigenvalue weighted by molar-refractivity contribution is 5.42. The fourth-order valence-electron chi connectivity index (χ4n) is 1.72. The Bertz CT molecular complexity index is 647. The molecule has 2 N–H and O–H groups in total. The molecule has 1 aromatic carbocycles. The van der Waals surface area contributed by atoms with Crippen molar-refractivity contribution in [3.05, 3.63) is 51.4 Å². The van der Waals surface area contributed by atoms with Gasteiger partial charge in [-0.3, -0.25) is 4.79 Å². The van der Waals surface area contributed by atoms with E-state index in [0.29, 0.717) is 5.69 Å². The monoisotopic (exact) mass is 246 g/mol. The molecule has 0 saturated heterocycles. The zero-order valence-corrected chi connectivity index (χ0v) is 10.2. The largest absolute Gasteiger partial charge is 0.506 e. The summed E-state index contributed by atoms with van der Waals surface area (Å²) in [6.07, 6.45) is 0. The fourth-order valence-corrected chi connectivity index (χ4v) is 1.72. The van der Waals surface area contributed by atoms with E-state index in [1.165, 1.54) is 4.68 Å². The summed E-state index contributed by atoms with van der Waals surface area (Å²) >= 11 is 0. The second-order valence-electron chi connectivity index (χ2n) is 4.17. The van der Waals surface area contributed by atoms with Crippen molar-refractivity contribution in [2.24, 2.45) is 0 Å². The van der Waals surface area contributed by atoms with Gasteiger partial charge in [0, 0.05) is 6.07 Å². The minimum Gasteiger partial charge on any atom is -0.506 e. The molecule has 0 spiro atoms. The zero-order chi connectivity index (χ0) is 13.3. The van der Waals surface area contributed by atoms with Gasteiger partial charge in [0.1, 0.15) is 11.4 Å². The van der Waals surface area contributed by atoms with Gasteiger partial charge < -0.3 is 10.2 Å². The molecule has 0 saturated carbocycles. The van der Waals surface area contributed by atoms with Gasteiger partial charge in [-0.05, 0) is 31.0 Å². The highest BCUT2D eigenvalue weighted by Crippen LogP contribution is 2.16. The van der Waals surface area contributed by atoms with Gasteiger partial charge in [0.15, 0.2) is 0 Å². The number of rotatable bonds is 2. The molecular formula is C13H14N2O3. The van der Waals surface area contributed by atoms with E-state index in [4.69, 9.17) is 5.11 Å². The first kappa shape index (κ1) is 12.3. The summed E-state index contributed by atoms with van der Waals surface area (Å²) < 4.78 is 1.19. The van der Waals surface area contributed by atoms with Crippen LogP contribution in [-0.4, -0.2) is 20.0 Å². The normalized spacial score (nSPS) is 10.6. The van der Waals surface area contributed by atoms with E-state index >= 15 is 0 Å². The summed E-state index contributed by atoms with van der Waals surface area (Å²) in [5.41, 5.74) is 2.19. The Morgan fingerprint density at radius 2 is 2.00 bits per heavy atom. The maximum absolute atomic E-state index is 11.8. The highest BCUT2D eigenvalue weighted by atomic mass is 16.3. The third-order valence-corrected chi connectivity index (χ3v) is 2.73. The standard InChI is InChI=1S/C13H14N2O3/c1-8-3-4-9(2)11(5-8)15-13(18)6-12(17)10(7-16)14-15/h3-6,16-17H,7H2,1-2H3. The van der Waals surface area contributed by atoms with Gasteiger partial charge >= 0.3 is 0 Å². The Balaban J connectivity index is 2.71. The molecule has 0 aliphatic heterocycles. The lowest BCUT2D eigenvalue weighted by Gasteiger charge is -2.10. The van der Waals surface area contributed by atoms with E-state index in [2.05, 4.69) is 5.10 Å². The van der Waals surface area contributed by atoms with E-state index in [1.54, 1.807) is 0 Å². The molecule has 1 heterocycles. The molecule has 0 aliphatic carbocycles. The molecule has 0 bridgehead atoms. The van der Waals surface area contributed by atoms with Gasteiger partial charge in [0.05, 0.1) is 12.3 Å². The number of aromatic hydroxyl groups is 1. The Morgan fingerprint density at radius 1 is 1.28 bits per heavy atom. The van der Waals surface area contributed by atoms with Crippen molar-refractivity contribution in [2.75, 3.05) is 0 Å². The van der Waals surface area contributed by atoms with Crippen LogP contribution in [0.2, 0.25) is 0 Å². The molecule has 5 nitrogen and oxygen atoms in total. The molecule has 0 amide bonds. The molecule has 5 heteroatoms. The number of aromatic nitrogens is 2. The summed E-state index contributed by atoms with van der Waals surface area (Å²) in [5.74, 6) is -0.288. The second kappa shape index (κ2) is 4.62. The maximum atomic E-state index is 11.8. The summed E-state index contributed by atoms with van der Waals surface area (Å²) in [7, 11) is 0. The van der Waals surface area contributed by atoms with Gasteiger partial charge in [-0.2, -0.15) is 9.78 Å². The van der Waals surface area contributed by atoms with Crippen LogP contribution in [-0.2, 0) is 6.61 Å². The lowest BCUT2D eigenvalue weighted by molar-refractivity contribution is 0.266. The zero-order valence-electron chi connectivity index (χ0n) is 10.2. The second-order valence-corrected chi connectivity index (χ2v) is 4.17. The Kier molecular flexibility index (Phi) is 3.16. The summed E-state index contributed by atoms with van der Waals surface area (Å²) in [5, 5.41) is 22.5. The van der Waals surface area contributed by atoms with Crippen molar-refractivity contribution >= 4 is 0 Å². The van der Waals surface area contributed by atoms with Crippen LogP contribution in [0.15, 0.2) is 29.1 Å². The van der Waals surface area contributed by atoms with Crippen LogP contribution in [0.3, 0.4) is 0 Å². The maximum Gasteiger partial charge on any atom is 0.275 e. The number of aliphatic hydroxyl groups excluding tert-OH is 1. The molecule has 18 heavy (non-hydrogen) atoms. The van der Waals surface area contributed by atoms with Crippen LogP contribution in [0, 0.1) is 13.8 Å². The van der Waals surface area contributed by atoms with Gasteiger partial charge in [-0.25, -0.2) is 0 Å². The van der Waals surface area contributed by atoms with Gasteiger partial charge in [0.25, 0.3) is 5.56 Å². The van der Waals surface area contributed by atoms with Crippen LogP contribution in [0.25, 0.3) is 5.69 Å². The fraction of sp³-hybridized carbons (Fsp3) is 0.231. The van der Waals surface area contributed by atoms with E-state index in [9.17, 15) is 9.90 Å². The van der Waals surface area contributed by atoms with Crippen LogP contribution < -0.4 is 5.56 Å². The van der Waals surface area contributed by atoms with E-state index in [0.717, 1.165) is 17.2 Å². The van der Waals surface area contributed by atoms with Gasteiger partial charge in [-0.1, -0.05) is 12.1 Å². The molecule has 0 fully saturated rings. The lowest BCUT2D eigenvalue weighted by atomic mass is 10.1. The number of benzene rings is 1. The van der Waals surface area contributed by atoms with Crippen molar-refractivity contribution < 1.29 is 10.2 Å². The molecule has 2 aromatic rings. The van der Waals surface area contributed by atoms with Gasteiger partial charge in [0.2, 0.25) is 0 Å². The van der Waals surface area contributed by atoms with Crippen LogP contribution in [0.1, 0.15) is 16.8 Å². The van der Waals surface area contributed by atoms with E-state index in [1.807, 2.05) is 32.0 Å². The van der Waals surface area contributed by atoms with Gasteiger partial charge in [-0.15, -0.1) is 0 Å². The number of hydrogen-bond acceptors (Lipinski definition) is 4. The summed E-state index contributed by atoms with van der Waals surface area (Å²) in [6.45, 7) is 3.37. The first-order valence-electron chi connectivity index (χ1n) is 5.53. The third-order valence-electron chi connectivity index (χ3n) is 2.73. The first-order valence-corrected chi connectivity index (χ1v) is 5.53. The average Bonchev–Trinajstić information content (AvgIpc) is 2.33. The van der Waals surface area contributed by atoms with Crippen molar-refractivity contribution in [2.45, 2.75) is 20.5 Å². The Morgan fingerprint density at radius 3 is 2.67 bits per heavy atom. The van der Waals surface area contributed by atoms with Crippen molar-refractivity contribution in [1.29, 1.82) is 0 Å². The van der Waals surface area contributed by atoms with E-state index in [-0.39, 0.29) is 11.4 Å². The molecule has 2 rings (SSSR count). The van der Waals surface area contributed by atoms with Crippen LogP contribution in [0.4, 0.5) is 0 Å². The lowest BCUT2D eigenvalue weighted by Crippen LogP contribution is -2.22. The molecule has 0 aliphatic rings. The van der Waals surface area contributed by atoms with Crippen molar-refractivity contribution in [3.63, 3.8) is 0 Å². The molecule has 1 aromatic heterocycles. The van der Waals surface area contributed by atoms with Crippen molar-refractivity contribution in [3.8, 4) is 11.4 Å². The summed E-state index contributed by atoms with van der Waals surface area (Å²) in [4.78, 5) is 11.8. The van der Waals surface area contributed by atoms with Crippen LogP contribution in [0.5, 0.6) is 5.75 Å². The number of aryl methyl sites for hydroxylation is 2.